The Labute approximate surface area is 136 Å². The Morgan fingerprint density at radius 1 is 1.09 bits per heavy atom. The van der Waals surface area contributed by atoms with Crippen LogP contribution in [0.4, 0.5) is 0 Å². The van der Waals surface area contributed by atoms with Crippen LogP contribution < -0.4 is 9.47 Å². The molecule has 0 fully saturated rings. The van der Waals surface area contributed by atoms with Crippen LogP contribution in [0.2, 0.25) is 0 Å². The molecule has 0 saturated heterocycles. The molecular weight excluding hydrogens is 302 g/mol. The standard InChI is InChI=1S/C14H23NO2.C2H2O4/c1-5-6-9-15(2)11-12-7-8-13(16-3)14(10-12)17-4;3-1(4)2(5)6/h7-8,10H,5-6,9,11H2,1-4H3;(H,3,4)(H,5,6). The van der Waals surface area contributed by atoms with Gasteiger partial charge in [-0.3, -0.25) is 0 Å². The number of rotatable bonds is 7. The largest absolute Gasteiger partial charge is 0.493 e. The third-order valence-corrected chi connectivity index (χ3v) is 2.98. The van der Waals surface area contributed by atoms with Gasteiger partial charge in [0.15, 0.2) is 11.5 Å². The van der Waals surface area contributed by atoms with Crippen LogP contribution >= 0.6 is 0 Å². The second-order valence-corrected chi connectivity index (χ2v) is 4.89. The Morgan fingerprint density at radius 3 is 2.09 bits per heavy atom. The third-order valence-electron chi connectivity index (χ3n) is 2.98. The van der Waals surface area contributed by atoms with E-state index in [0.29, 0.717) is 0 Å². The van der Waals surface area contributed by atoms with Gasteiger partial charge in [0, 0.05) is 6.54 Å². The molecule has 0 bridgehead atoms. The summed E-state index contributed by atoms with van der Waals surface area (Å²) in [6.45, 7) is 4.29. The smallest absolute Gasteiger partial charge is 0.414 e. The molecule has 2 N–H and O–H groups in total. The minimum Gasteiger partial charge on any atom is -0.493 e. The van der Waals surface area contributed by atoms with Gasteiger partial charge in [-0.25, -0.2) is 9.59 Å². The van der Waals surface area contributed by atoms with E-state index in [1.807, 2.05) is 12.1 Å². The number of hydrogen-bond donors (Lipinski definition) is 2. The van der Waals surface area contributed by atoms with Crippen molar-refractivity contribution in [2.75, 3.05) is 27.8 Å². The van der Waals surface area contributed by atoms with Gasteiger partial charge in [0.25, 0.3) is 0 Å². The maximum atomic E-state index is 9.10. The first kappa shape index (κ1) is 20.7. The lowest BCUT2D eigenvalue weighted by atomic mass is 10.2. The van der Waals surface area contributed by atoms with Crippen molar-refractivity contribution in [1.82, 2.24) is 4.90 Å². The summed E-state index contributed by atoms with van der Waals surface area (Å²) in [4.78, 5) is 20.5. The molecule has 130 valence electrons. The zero-order valence-electron chi connectivity index (χ0n) is 14.0. The lowest BCUT2D eigenvalue weighted by molar-refractivity contribution is -0.159. The van der Waals surface area contributed by atoms with Crippen LogP contribution in [-0.2, 0) is 16.1 Å². The van der Waals surface area contributed by atoms with Gasteiger partial charge in [0.1, 0.15) is 0 Å². The highest BCUT2D eigenvalue weighted by Gasteiger charge is 2.06. The highest BCUT2D eigenvalue weighted by atomic mass is 16.5. The summed E-state index contributed by atoms with van der Waals surface area (Å²) in [6.07, 6.45) is 2.47. The molecule has 0 radical (unpaired) electrons. The van der Waals surface area contributed by atoms with E-state index in [0.717, 1.165) is 24.6 Å². The highest BCUT2D eigenvalue weighted by molar-refractivity contribution is 6.27. The molecule has 0 spiro atoms. The molecule has 1 aromatic rings. The van der Waals surface area contributed by atoms with Crippen LogP contribution in [0.3, 0.4) is 0 Å². The number of carboxylic acids is 2. The summed E-state index contributed by atoms with van der Waals surface area (Å²) in [7, 11) is 5.47. The summed E-state index contributed by atoms with van der Waals surface area (Å²) < 4.78 is 10.5. The first-order chi connectivity index (χ1) is 10.8. The SMILES string of the molecule is CCCCN(C)Cc1ccc(OC)c(OC)c1.O=C(O)C(=O)O. The van der Waals surface area contributed by atoms with Crippen molar-refractivity contribution < 1.29 is 29.3 Å². The number of methoxy groups -OCH3 is 2. The Hall–Kier alpha value is -2.28. The fraction of sp³-hybridized carbons (Fsp3) is 0.500. The Kier molecular flexibility index (Phi) is 10.2. The number of ether oxygens (including phenoxy) is 2. The number of carbonyl (C=O) groups is 2. The molecule has 0 aliphatic rings. The Morgan fingerprint density at radius 2 is 1.65 bits per heavy atom. The normalized spacial score (nSPS) is 9.78. The Balaban J connectivity index is 0.000000688. The molecule has 1 rings (SSSR count). The van der Waals surface area contributed by atoms with Crippen LogP contribution in [0.1, 0.15) is 25.3 Å². The molecule has 0 amide bonds. The van der Waals surface area contributed by atoms with E-state index in [-0.39, 0.29) is 0 Å². The Bertz CT molecular complexity index is 491. The third kappa shape index (κ3) is 8.67. The van der Waals surface area contributed by atoms with Gasteiger partial charge in [-0.2, -0.15) is 0 Å². The van der Waals surface area contributed by atoms with Gasteiger partial charge in [-0.1, -0.05) is 19.4 Å². The maximum Gasteiger partial charge on any atom is 0.414 e. The van der Waals surface area contributed by atoms with E-state index in [1.54, 1.807) is 14.2 Å². The van der Waals surface area contributed by atoms with Gasteiger partial charge in [0.2, 0.25) is 0 Å². The van der Waals surface area contributed by atoms with Crippen molar-refractivity contribution >= 4 is 11.9 Å². The lowest BCUT2D eigenvalue weighted by Crippen LogP contribution is -2.18. The summed E-state index contributed by atoms with van der Waals surface area (Å²) in [5.74, 6) is -2.06. The monoisotopic (exact) mass is 327 g/mol. The summed E-state index contributed by atoms with van der Waals surface area (Å²) >= 11 is 0. The van der Waals surface area contributed by atoms with Gasteiger partial charge < -0.3 is 24.6 Å². The van der Waals surface area contributed by atoms with E-state index < -0.39 is 11.9 Å². The second kappa shape index (κ2) is 11.3. The van der Waals surface area contributed by atoms with E-state index in [1.165, 1.54) is 18.4 Å². The second-order valence-electron chi connectivity index (χ2n) is 4.89. The summed E-state index contributed by atoms with van der Waals surface area (Å²) in [5, 5.41) is 14.8. The number of nitrogens with zero attached hydrogens (tertiary/aromatic N) is 1. The first-order valence-corrected chi connectivity index (χ1v) is 7.21. The predicted octanol–water partition coefficient (Wildman–Crippen LogP) is 2.09. The predicted molar refractivity (Wildman–Crippen MR) is 86.1 cm³/mol. The molecular formula is C16H25NO6. The fourth-order valence-electron chi connectivity index (χ4n) is 1.80. The maximum absolute atomic E-state index is 9.10. The molecule has 0 atom stereocenters. The molecule has 0 heterocycles. The highest BCUT2D eigenvalue weighted by Crippen LogP contribution is 2.27. The zero-order valence-corrected chi connectivity index (χ0v) is 14.0. The number of benzene rings is 1. The van der Waals surface area contributed by atoms with E-state index in [2.05, 4.69) is 24.9 Å². The van der Waals surface area contributed by atoms with E-state index >= 15 is 0 Å². The lowest BCUT2D eigenvalue weighted by Gasteiger charge is -2.17. The molecule has 0 aliphatic carbocycles. The molecule has 7 heteroatoms. The van der Waals surface area contributed by atoms with Crippen LogP contribution in [-0.4, -0.2) is 54.9 Å². The number of unbranched alkanes of at least 4 members (excludes halogenated alkanes) is 1. The van der Waals surface area contributed by atoms with Crippen LogP contribution in [0.25, 0.3) is 0 Å². The average molecular weight is 327 g/mol. The topological polar surface area (TPSA) is 96.3 Å². The van der Waals surface area contributed by atoms with Gasteiger partial charge in [0.05, 0.1) is 14.2 Å². The molecule has 0 saturated carbocycles. The molecule has 0 aliphatic heterocycles. The summed E-state index contributed by atoms with van der Waals surface area (Å²) in [5.41, 5.74) is 1.25. The minimum atomic E-state index is -1.82. The van der Waals surface area contributed by atoms with E-state index in [9.17, 15) is 0 Å². The van der Waals surface area contributed by atoms with Crippen LogP contribution in [0.15, 0.2) is 18.2 Å². The van der Waals surface area contributed by atoms with Crippen molar-refractivity contribution in [3.8, 4) is 11.5 Å². The zero-order chi connectivity index (χ0) is 17.8. The van der Waals surface area contributed by atoms with Crippen molar-refractivity contribution in [1.29, 1.82) is 0 Å². The van der Waals surface area contributed by atoms with E-state index in [4.69, 9.17) is 29.3 Å². The molecule has 23 heavy (non-hydrogen) atoms. The average Bonchev–Trinajstić information content (AvgIpc) is 2.53. The number of aliphatic carboxylic acids is 2. The molecule has 0 aromatic heterocycles. The number of carboxylic acid groups (broad SMARTS) is 2. The van der Waals surface area contributed by atoms with Crippen molar-refractivity contribution in [2.45, 2.75) is 26.3 Å². The van der Waals surface area contributed by atoms with Gasteiger partial charge in [-0.15, -0.1) is 0 Å². The molecule has 1 aromatic carbocycles. The van der Waals surface area contributed by atoms with Crippen LogP contribution in [0, 0.1) is 0 Å². The van der Waals surface area contributed by atoms with Crippen molar-refractivity contribution in [3.05, 3.63) is 23.8 Å². The minimum absolute atomic E-state index is 0.785. The molecule has 7 nitrogen and oxygen atoms in total. The fourth-order valence-corrected chi connectivity index (χ4v) is 1.80. The van der Waals surface area contributed by atoms with Crippen LogP contribution in [0.5, 0.6) is 11.5 Å². The number of hydrogen-bond acceptors (Lipinski definition) is 5. The quantitative estimate of drug-likeness (QED) is 0.740. The van der Waals surface area contributed by atoms with Gasteiger partial charge >= 0.3 is 11.9 Å². The van der Waals surface area contributed by atoms with Gasteiger partial charge in [-0.05, 0) is 37.7 Å². The molecule has 0 unspecified atom stereocenters. The first-order valence-electron chi connectivity index (χ1n) is 7.21. The van der Waals surface area contributed by atoms with Crippen molar-refractivity contribution in [2.24, 2.45) is 0 Å². The summed E-state index contributed by atoms with van der Waals surface area (Å²) in [6, 6.07) is 6.09. The van der Waals surface area contributed by atoms with Crippen molar-refractivity contribution in [3.63, 3.8) is 0 Å².